The number of halogens is 1. The molecule has 25 heavy (non-hydrogen) atoms. The Bertz CT molecular complexity index is 464. The second kappa shape index (κ2) is 15.4. The Balaban J connectivity index is 0.00000576. The number of hydrogen-bond acceptors (Lipinski definition) is 3. The lowest BCUT2D eigenvalue weighted by Crippen LogP contribution is -2.39. The molecule has 0 fully saturated rings. The van der Waals surface area contributed by atoms with Crippen molar-refractivity contribution in [3.05, 3.63) is 35.4 Å². The maximum absolute atomic E-state index is 5.41. The van der Waals surface area contributed by atoms with Crippen molar-refractivity contribution in [2.24, 2.45) is 4.99 Å². The summed E-state index contributed by atoms with van der Waals surface area (Å²) in [4.78, 5) is 4.21. The number of aliphatic imine (C=N–C) groups is 1. The molecule has 0 aliphatic carbocycles. The summed E-state index contributed by atoms with van der Waals surface area (Å²) in [5, 5.41) is 6.57. The highest BCUT2D eigenvalue weighted by atomic mass is 127. The van der Waals surface area contributed by atoms with Gasteiger partial charge in [-0.25, -0.2) is 0 Å². The summed E-state index contributed by atoms with van der Waals surface area (Å²) in [5.41, 5.74) is 2.78. The van der Waals surface area contributed by atoms with E-state index in [4.69, 9.17) is 9.47 Å². The van der Waals surface area contributed by atoms with Crippen LogP contribution >= 0.6 is 24.0 Å². The molecular weight excluding hydrogens is 429 g/mol. The van der Waals surface area contributed by atoms with Gasteiger partial charge in [-0.15, -0.1) is 24.0 Å². The molecule has 1 rings (SSSR count). The van der Waals surface area contributed by atoms with Gasteiger partial charge in [-0.1, -0.05) is 38.1 Å². The molecule has 0 atom stereocenters. The fraction of sp³-hybridized carbons (Fsp3) is 0.632. The highest BCUT2D eigenvalue weighted by molar-refractivity contribution is 14.0. The van der Waals surface area contributed by atoms with Crippen molar-refractivity contribution in [1.29, 1.82) is 0 Å². The minimum Gasteiger partial charge on any atom is -0.382 e. The minimum atomic E-state index is 0. The molecule has 0 aliphatic rings. The molecule has 0 saturated heterocycles. The Labute approximate surface area is 170 Å². The van der Waals surface area contributed by atoms with Crippen LogP contribution in [0.3, 0.4) is 0 Å². The van der Waals surface area contributed by atoms with Crippen molar-refractivity contribution < 1.29 is 9.47 Å². The number of guanidine groups is 1. The molecule has 0 heterocycles. The summed E-state index contributed by atoms with van der Waals surface area (Å²) in [5.74, 6) is 1.41. The summed E-state index contributed by atoms with van der Waals surface area (Å²) in [6, 6.07) is 8.94. The number of nitrogens with zero attached hydrogens (tertiary/aromatic N) is 1. The van der Waals surface area contributed by atoms with Crippen molar-refractivity contribution in [2.45, 2.75) is 32.6 Å². The molecule has 1 aromatic carbocycles. The third-order valence-corrected chi connectivity index (χ3v) is 3.78. The van der Waals surface area contributed by atoms with E-state index in [0.717, 1.165) is 31.9 Å². The number of benzene rings is 1. The normalized spacial score (nSPS) is 11.3. The maximum atomic E-state index is 5.41. The van der Waals surface area contributed by atoms with E-state index < -0.39 is 0 Å². The van der Waals surface area contributed by atoms with Crippen molar-refractivity contribution in [3.63, 3.8) is 0 Å². The molecule has 0 aliphatic heterocycles. The Morgan fingerprint density at radius 3 is 2.32 bits per heavy atom. The smallest absolute Gasteiger partial charge is 0.191 e. The van der Waals surface area contributed by atoms with Gasteiger partial charge in [-0.05, 0) is 29.9 Å². The molecule has 0 unspecified atom stereocenters. The average molecular weight is 463 g/mol. The van der Waals surface area contributed by atoms with Crippen LogP contribution in [0.15, 0.2) is 29.3 Å². The van der Waals surface area contributed by atoms with E-state index >= 15 is 0 Å². The van der Waals surface area contributed by atoms with Gasteiger partial charge in [0.25, 0.3) is 0 Å². The zero-order valence-electron chi connectivity index (χ0n) is 16.0. The first-order chi connectivity index (χ1) is 11.7. The Morgan fingerprint density at radius 2 is 1.72 bits per heavy atom. The van der Waals surface area contributed by atoms with Gasteiger partial charge in [0.2, 0.25) is 0 Å². The fourth-order valence-corrected chi connectivity index (χ4v) is 2.28. The summed E-state index contributed by atoms with van der Waals surface area (Å²) < 4.78 is 10.3. The van der Waals surface area contributed by atoms with Crippen LogP contribution in [0.1, 0.15) is 37.3 Å². The predicted molar refractivity (Wildman–Crippen MR) is 116 cm³/mol. The minimum absolute atomic E-state index is 0. The summed E-state index contributed by atoms with van der Waals surface area (Å²) in [6.45, 7) is 7.98. The van der Waals surface area contributed by atoms with Crippen molar-refractivity contribution >= 4 is 29.9 Å². The highest BCUT2D eigenvalue weighted by Crippen LogP contribution is 2.15. The number of ether oxygens (including phenoxy) is 2. The number of nitrogens with one attached hydrogen (secondary N) is 2. The van der Waals surface area contributed by atoms with Crippen LogP contribution in [-0.4, -0.2) is 53.0 Å². The third kappa shape index (κ3) is 11.4. The van der Waals surface area contributed by atoms with E-state index in [1.54, 1.807) is 14.2 Å². The quantitative estimate of drug-likeness (QED) is 0.229. The molecule has 0 saturated carbocycles. The van der Waals surface area contributed by atoms with Crippen molar-refractivity contribution in [2.75, 3.05) is 47.1 Å². The van der Waals surface area contributed by atoms with E-state index in [0.29, 0.717) is 25.7 Å². The molecule has 5 nitrogen and oxygen atoms in total. The molecule has 0 amide bonds. The molecule has 0 radical (unpaired) electrons. The van der Waals surface area contributed by atoms with Crippen LogP contribution in [0, 0.1) is 0 Å². The number of methoxy groups -OCH3 is 1. The molecule has 6 heteroatoms. The van der Waals surface area contributed by atoms with Gasteiger partial charge in [-0.2, -0.15) is 0 Å². The van der Waals surface area contributed by atoms with E-state index in [2.05, 4.69) is 53.7 Å². The SMILES string of the molecule is CN=C(NCCCc1ccc(C(C)C)cc1)NCCOCCOC.I. The lowest BCUT2D eigenvalue weighted by Gasteiger charge is -2.12. The van der Waals surface area contributed by atoms with Gasteiger partial charge in [0.1, 0.15) is 0 Å². The topological polar surface area (TPSA) is 54.9 Å². The predicted octanol–water partition coefficient (Wildman–Crippen LogP) is 3.19. The van der Waals surface area contributed by atoms with Gasteiger partial charge < -0.3 is 20.1 Å². The maximum Gasteiger partial charge on any atom is 0.191 e. The van der Waals surface area contributed by atoms with Gasteiger partial charge in [0.15, 0.2) is 5.96 Å². The monoisotopic (exact) mass is 463 g/mol. The summed E-state index contributed by atoms with van der Waals surface area (Å²) in [7, 11) is 3.46. The summed E-state index contributed by atoms with van der Waals surface area (Å²) in [6.07, 6.45) is 2.15. The molecule has 0 aromatic heterocycles. The number of hydrogen-bond donors (Lipinski definition) is 2. The van der Waals surface area contributed by atoms with Crippen LogP contribution in [-0.2, 0) is 15.9 Å². The van der Waals surface area contributed by atoms with E-state index in [-0.39, 0.29) is 24.0 Å². The summed E-state index contributed by atoms with van der Waals surface area (Å²) >= 11 is 0. The van der Waals surface area contributed by atoms with Crippen molar-refractivity contribution in [3.8, 4) is 0 Å². The Hall–Kier alpha value is -0.860. The van der Waals surface area contributed by atoms with Gasteiger partial charge in [0, 0.05) is 27.2 Å². The highest BCUT2D eigenvalue weighted by Gasteiger charge is 2.00. The van der Waals surface area contributed by atoms with Crippen LogP contribution in [0.25, 0.3) is 0 Å². The van der Waals surface area contributed by atoms with E-state index in [9.17, 15) is 0 Å². The van der Waals surface area contributed by atoms with Crippen LogP contribution in [0.2, 0.25) is 0 Å². The van der Waals surface area contributed by atoms with Gasteiger partial charge >= 0.3 is 0 Å². The molecular formula is C19H34IN3O2. The first kappa shape index (κ1) is 24.1. The van der Waals surface area contributed by atoms with Crippen LogP contribution < -0.4 is 10.6 Å². The Morgan fingerprint density at radius 1 is 1.04 bits per heavy atom. The lowest BCUT2D eigenvalue weighted by molar-refractivity contribution is 0.0733. The number of rotatable bonds is 11. The van der Waals surface area contributed by atoms with Crippen LogP contribution in [0.5, 0.6) is 0 Å². The number of aryl methyl sites for hydroxylation is 1. The lowest BCUT2D eigenvalue weighted by atomic mass is 10.0. The first-order valence-corrected chi connectivity index (χ1v) is 8.77. The van der Waals surface area contributed by atoms with Crippen LogP contribution in [0.4, 0.5) is 0 Å². The zero-order valence-corrected chi connectivity index (χ0v) is 18.3. The average Bonchev–Trinajstić information content (AvgIpc) is 2.60. The Kier molecular flexibility index (Phi) is 14.9. The van der Waals surface area contributed by atoms with E-state index in [1.807, 2.05) is 0 Å². The second-order valence-corrected chi connectivity index (χ2v) is 6.03. The third-order valence-electron chi connectivity index (χ3n) is 3.78. The zero-order chi connectivity index (χ0) is 17.6. The van der Waals surface area contributed by atoms with Crippen molar-refractivity contribution in [1.82, 2.24) is 10.6 Å². The molecule has 144 valence electrons. The molecule has 2 N–H and O–H groups in total. The fourth-order valence-electron chi connectivity index (χ4n) is 2.28. The van der Waals surface area contributed by atoms with Gasteiger partial charge in [-0.3, -0.25) is 4.99 Å². The molecule has 0 bridgehead atoms. The standard InChI is InChI=1S/C19H33N3O2.HI/c1-16(2)18-9-7-17(8-10-18)6-5-11-21-19(20-3)22-12-13-24-15-14-23-4;/h7-10,16H,5-6,11-15H2,1-4H3,(H2,20,21,22);1H. The second-order valence-electron chi connectivity index (χ2n) is 6.03. The largest absolute Gasteiger partial charge is 0.382 e. The first-order valence-electron chi connectivity index (χ1n) is 8.77. The molecule has 1 aromatic rings. The van der Waals surface area contributed by atoms with Gasteiger partial charge in [0.05, 0.1) is 19.8 Å². The molecule has 0 spiro atoms. The van der Waals surface area contributed by atoms with E-state index in [1.165, 1.54) is 11.1 Å².